The number of halogens is 4. The van der Waals surface area contributed by atoms with Gasteiger partial charge < -0.3 is 18.4 Å². The Kier molecular flexibility index (Phi) is 22.5. The highest BCUT2D eigenvalue weighted by molar-refractivity contribution is 7.85. The third kappa shape index (κ3) is 15.5. The van der Waals surface area contributed by atoms with Crippen molar-refractivity contribution in [3.05, 3.63) is 330 Å². The highest BCUT2D eigenvalue weighted by Gasteiger charge is 2.41. The molecule has 578 valence electrons. The van der Waals surface area contributed by atoms with Crippen molar-refractivity contribution in [2.45, 2.75) is 19.8 Å². The normalized spacial score (nSPS) is 12.8. The number of imide groups is 2. The molecule has 0 aliphatic carbocycles. The van der Waals surface area contributed by atoms with Crippen LogP contribution in [-0.4, -0.2) is 132 Å². The quantitative estimate of drug-likeness (QED) is 0.0185. The van der Waals surface area contributed by atoms with E-state index in [2.05, 4.69) is 10.9 Å². The summed E-state index contributed by atoms with van der Waals surface area (Å²) in [6.45, 7) is 9.58. The predicted molar refractivity (Wildman–Crippen MR) is 448 cm³/mol. The van der Waals surface area contributed by atoms with E-state index in [0.29, 0.717) is 56.1 Å². The van der Waals surface area contributed by atoms with Crippen molar-refractivity contribution in [2.24, 2.45) is 0 Å². The van der Waals surface area contributed by atoms with Crippen LogP contribution in [0.4, 0.5) is 0 Å². The summed E-state index contributed by atoms with van der Waals surface area (Å²) >= 11 is 26.9. The maximum absolute atomic E-state index is 15.0. The molecular weight excluding hydrogens is 1620 g/mol. The summed E-state index contributed by atoms with van der Waals surface area (Å²) in [5.74, 6) is -5.19. The molecule has 0 saturated heterocycles. The van der Waals surface area contributed by atoms with Crippen LogP contribution in [0.3, 0.4) is 0 Å². The Morgan fingerprint density at radius 1 is 0.508 bits per heavy atom. The molecule has 118 heavy (non-hydrogen) atoms. The predicted octanol–water partition coefficient (Wildman–Crippen LogP) is 11.7. The summed E-state index contributed by atoms with van der Waals surface area (Å²) in [5.41, 5.74) is 4.84. The van der Waals surface area contributed by atoms with Gasteiger partial charge in [-0.15, -0.1) is 12.6 Å². The first-order chi connectivity index (χ1) is 56.9. The summed E-state index contributed by atoms with van der Waals surface area (Å²) in [6, 6.07) is 68.2. The molecule has 2 aliphatic heterocycles. The number of esters is 2. The van der Waals surface area contributed by atoms with Crippen molar-refractivity contribution < 1.29 is 63.8 Å². The minimum Gasteiger partial charge on any atom is -0.423 e. The third-order valence-electron chi connectivity index (χ3n) is 19.8. The number of nitrogens with zero attached hydrogens (tertiary/aromatic N) is 10. The number of nitriles is 1. The van der Waals surface area contributed by atoms with Crippen LogP contribution in [0.2, 0.25) is 20.1 Å². The number of aromatic nitrogens is 6. The Hall–Kier alpha value is -13.5. The lowest BCUT2D eigenvalue weighted by molar-refractivity contribution is 0.0639. The van der Waals surface area contributed by atoms with E-state index < -0.39 is 75.7 Å². The smallest absolute Gasteiger partial charge is 0.423 e. The minimum absolute atomic E-state index is 0.00770. The van der Waals surface area contributed by atoms with E-state index >= 15 is 0 Å². The molecule has 24 nitrogen and oxygen atoms in total. The molecule has 0 radical (unpaired) electrons. The van der Waals surface area contributed by atoms with E-state index in [0.717, 1.165) is 9.80 Å². The average Bonchev–Trinajstić information content (AvgIpc) is 1.52. The number of amides is 4. The minimum atomic E-state index is -4.43. The zero-order valence-corrected chi connectivity index (χ0v) is 66.0. The lowest BCUT2D eigenvalue weighted by Gasteiger charge is -2.24. The SMILES string of the molecule is O=S(=O)=O.[C-]#[N+]/C(c1cnc2cc(Cl)c(Cl)cc2n1)=c1\c2c(-c3cccc(OC(=O)c4ccc5c(c4)C(=O)N(CCC)C5=O)c3)n(B(c3ccccc3)c3ccccc3)/c(=C(/C#N)c3cnc4cc(Cl)c(Cl)cc4n3)c2c(-c2cccc(OC(=O)c3ccc4c(c3)C(=O)N(CCCS(=O)(=O)O)C4=O)c2)n1B(c1ccccc1)c1ccccc1. The van der Waals surface area contributed by atoms with Crippen LogP contribution >= 0.6 is 46.4 Å². The van der Waals surface area contributed by atoms with E-state index in [4.69, 9.17) is 88.4 Å². The molecule has 0 fully saturated rings. The lowest BCUT2D eigenvalue weighted by atomic mass is 9.50. The highest BCUT2D eigenvalue weighted by Crippen LogP contribution is 2.40. The molecule has 0 bridgehead atoms. The van der Waals surface area contributed by atoms with E-state index in [9.17, 15) is 53.6 Å². The van der Waals surface area contributed by atoms with Gasteiger partial charge in [-0.1, -0.05) is 221 Å². The van der Waals surface area contributed by atoms with Crippen LogP contribution in [-0.2, 0) is 20.7 Å². The fourth-order valence-corrected chi connectivity index (χ4v) is 15.9. The largest absolute Gasteiger partial charge is 0.425 e. The Bertz CT molecular complexity index is 6720. The topological polar surface area (TPSA) is 323 Å². The second-order valence-corrected chi connectivity index (χ2v) is 30.6. The van der Waals surface area contributed by atoms with Gasteiger partial charge >= 0.3 is 36.2 Å². The first-order valence-electron chi connectivity index (χ1n) is 36.1. The summed E-state index contributed by atoms with van der Waals surface area (Å²) < 4.78 is 74.8. The number of carbonyl (C=O) groups is 6. The number of hydrogen-bond acceptors (Lipinski definition) is 18. The van der Waals surface area contributed by atoms with Crippen molar-refractivity contribution in [3.63, 3.8) is 0 Å². The van der Waals surface area contributed by atoms with Gasteiger partial charge in [-0.05, 0) is 97.8 Å². The van der Waals surface area contributed by atoms with Crippen LogP contribution in [0.5, 0.6) is 11.5 Å². The summed E-state index contributed by atoms with van der Waals surface area (Å²) in [5, 5.41) is 14.3. The zero-order valence-electron chi connectivity index (χ0n) is 61.3. The molecule has 14 aromatic rings. The van der Waals surface area contributed by atoms with Gasteiger partial charge in [0.1, 0.15) is 28.8 Å². The summed E-state index contributed by atoms with van der Waals surface area (Å²) in [4.78, 5) is 111. The fourth-order valence-electron chi connectivity index (χ4n) is 14.8. The first kappa shape index (κ1) is 79.7. The van der Waals surface area contributed by atoms with Crippen molar-refractivity contribution in [1.82, 2.24) is 38.7 Å². The second kappa shape index (κ2) is 33.4. The molecular formula is C86H54B2Cl4N10O14S2. The van der Waals surface area contributed by atoms with Crippen LogP contribution in [0, 0.1) is 17.9 Å². The number of ether oxygens (including phenoxy) is 2. The maximum Gasteiger partial charge on any atom is 0.425 e. The average molecular weight is 1680 g/mol. The molecule has 32 heteroatoms. The van der Waals surface area contributed by atoms with Crippen molar-refractivity contribution in [3.8, 4) is 40.1 Å². The molecule has 0 unspecified atom stereocenters. The van der Waals surface area contributed by atoms with Crippen LogP contribution < -0.4 is 42.0 Å². The van der Waals surface area contributed by atoms with Crippen molar-refractivity contribution >= 4 is 182 Å². The molecule has 0 saturated carbocycles. The molecule has 0 spiro atoms. The standard InChI is InChI=1S/C86H54B2Cl4N10O11S.O3S/c1-3-35-99-81(103)59-33-31-51(40-61(59)83(99)105)85(107)113-58-30-17-20-50(39-58)78-75-74(79(63(46-93)72-47-95-68-42-64(89)66(91)44-70(68)97-72)101(78)87(53-21-8-4-9-22-53)54-23-10-5-11-24-54)77(49-19-16-29-57(38-49)112-86(108)52-32-34-60-62(41-52)84(106)100(82(60)104)36-18-37-114(109,110)111)102(88(55-25-12-6-13-26-55)56-27-14-7-15-28-56)80(75)76(94-2)73-48-96-69-43-65(90)67(92)45-71(69)98-73;1-4(2)3/h4-17,19-34,38-45,47-48H,3,18,35-37H2,1H3,(H,109,110,111);/b79-63-,80-76+;. The Morgan fingerprint density at radius 2 is 0.890 bits per heavy atom. The highest BCUT2D eigenvalue weighted by atomic mass is 35.5. The van der Waals surface area contributed by atoms with Crippen molar-refractivity contribution in [1.29, 1.82) is 5.26 Å². The van der Waals surface area contributed by atoms with Gasteiger partial charge in [-0.2, -0.15) is 13.7 Å². The molecule has 4 aromatic heterocycles. The van der Waals surface area contributed by atoms with Gasteiger partial charge in [0, 0.05) is 57.9 Å². The third-order valence-corrected chi connectivity index (χ3v) is 22.0. The van der Waals surface area contributed by atoms with E-state index in [1.807, 2.05) is 137 Å². The summed E-state index contributed by atoms with van der Waals surface area (Å²) in [7, 11) is -7.54. The first-order valence-corrected chi connectivity index (χ1v) is 40.2. The van der Waals surface area contributed by atoms with E-state index in [1.54, 1.807) is 66.7 Å². The zero-order chi connectivity index (χ0) is 83.0. The van der Waals surface area contributed by atoms with Gasteiger partial charge in [0.25, 0.3) is 33.7 Å². The van der Waals surface area contributed by atoms with Crippen LogP contribution in [0.25, 0.3) is 71.5 Å². The Morgan fingerprint density at radius 3 is 1.30 bits per heavy atom. The number of benzene rings is 10. The Balaban J connectivity index is 0.00000266. The fraction of sp³-hybridized carbons (Fsp3) is 0.0698. The molecule has 16 rings (SSSR count). The van der Waals surface area contributed by atoms with Gasteiger partial charge in [0.2, 0.25) is 5.70 Å². The molecule has 6 heterocycles. The lowest BCUT2D eigenvalue weighted by Crippen LogP contribution is -2.54. The van der Waals surface area contributed by atoms with E-state index in [1.165, 1.54) is 54.9 Å². The van der Waals surface area contributed by atoms with E-state index in [-0.39, 0.29) is 145 Å². The second-order valence-electron chi connectivity index (χ2n) is 27.0. The number of hydrogen-bond donors (Lipinski definition) is 1. The number of rotatable bonds is 20. The van der Waals surface area contributed by atoms with Gasteiger partial charge in [0.15, 0.2) is 0 Å². The molecule has 4 amide bonds. The Labute approximate surface area is 693 Å². The van der Waals surface area contributed by atoms with Gasteiger partial charge in [-0.25, -0.2) is 19.4 Å². The van der Waals surface area contributed by atoms with Crippen molar-refractivity contribution in [2.75, 3.05) is 18.8 Å². The molecule has 2 aliphatic rings. The summed E-state index contributed by atoms with van der Waals surface area (Å²) in [6.07, 6.45) is 3.16. The maximum atomic E-state index is 15.0. The molecule has 0 atom stereocenters. The number of fused-ring (bicyclic) bond motifs is 5. The molecule has 1 N–H and O–H groups in total. The van der Waals surface area contributed by atoms with Gasteiger partial charge in [0.05, 0.1) is 105 Å². The number of carbonyl (C=O) groups excluding carboxylic acids is 6. The van der Waals surface area contributed by atoms with Crippen LogP contribution in [0.1, 0.15) is 93.3 Å². The van der Waals surface area contributed by atoms with Gasteiger partial charge in [-0.3, -0.25) is 48.5 Å². The van der Waals surface area contributed by atoms with Crippen LogP contribution in [0.15, 0.2) is 243 Å². The molecule has 10 aromatic carbocycles. The monoisotopic (exact) mass is 1680 g/mol.